The molecule has 0 aromatic carbocycles. The number of aliphatic hydroxyl groups excluding tert-OH is 1. The second kappa shape index (κ2) is 9.82. The normalized spacial score (nSPS) is 17.2. The number of aliphatic hydroxyl groups is 1. The number of hydrogen-bond donors (Lipinski definition) is 3. The van der Waals surface area contributed by atoms with Crippen molar-refractivity contribution in [3.8, 4) is 0 Å². The first-order valence-electron chi connectivity index (χ1n) is 8.89. The number of aliphatic carboxylic acids is 1. The number of carbonyl (C=O) groups is 1. The van der Waals surface area contributed by atoms with E-state index in [2.05, 4.69) is 0 Å². The third-order valence-electron chi connectivity index (χ3n) is 4.60. The lowest BCUT2D eigenvalue weighted by Gasteiger charge is -2.43. The van der Waals surface area contributed by atoms with Gasteiger partial charge in [0.25, 0.3) is 0 Å². The van der Waals surface area contributed by atoms with Gasteiger partial charge in [0.1, 0.15) is 12.1 Å². The van der Waals surface area contributed by atoms with Crippen LogP contribution in [0.25, 0.3) is 0 Å². The molecular weight excluding hydrogens is 565 g/mol. The molecule has 2 atom stereocenters. The number of nitrogens with one attached hydrogen (secondary N) is 1. The van der Waals surface area contributed by atoms with Crippen LogP contribution >= 0.6 is 0 Å². The molecule has 0 unspecified atom stereocenters. The van der Waals surface area contributed by atoms with Crippen LogP contribution in [-0.4, -0.2) is 82.5 Å². The summed E-state index contributed by atoms with van der Waals surface area (Å²) in [6.07, 6.45) is -12.8. The number of hydrogen-bond acceptors (Lipinski definition) is 3. The smallest absolute Gasteiger partial charge is 0.460 e. The van der Waals surface area contributed by atoms with Crippen molar-refractivity contribution in [2.75, 3.05) is 6.54 Å². The molecule has 0 heterocycles. The Hall–Kier alpha value is -1.80. The summed E-state index contributed by atoms with van der Waals surface area (Å²) < 4.78 is 224. The van der Waals surface area contributed by atoms with Gasteiger partial charge in [-0.05, 0) is 6.42 Å². The van der Waals surface area contributed by atoms with Crippen LogP contribution in [0.5, 0.6) is 0 Å². The zero-order chi connectivity index (χ0) is 29.6. The Bertz CT molecular complexity index is 780. The van der Waals surface area contributed by atoms with Crippen molar-refractivity contribution in [1.82, 2.24) is 5.32 Å². The summed E-state index contributed by atoms with van der Waals surface area (Å²) in [6.45, 7) is -0.877. The minimum atomic E-state index is -8.76. The molecule has 0 aliphatic rings. The van der Waals surface area contributed by atoms with Crippen LogP contribution in [0.15, 0.2) is 0 Å². The number of rotatable bonds is 13. The van der Waals surface area contributed by atoms with Crippen molar-refractivity contribution in [2.45, 2.75) is 79.5 Å². The van der Waals surface area contributed by atoms with Gasteiger partial charge in [-0.1, -0.05) is 13.3 Å². The first kappa shape index (κ1) is 34.2. The topological polar surface area (TPSA) is 69.6 Å². The van der Waals surface area contributed by atoms with E-state index in [0.717, 1.165) is 0 Å². The molecule has 4 nitrogen and oxygen atoms in total. The highest BCUT2D eigenvalue weighted by Crippen LogP contribution is 2.64. The first-order chi connectivity index (χ1) is 15.5. The second-order valence-electron chi connectivity index (χ2n) is 7.17. The van der Waals surface area contributed by atoms with Gasteiger partial charge in [0.15, 0.2) is 0 Å². The largest absolute Gasteiger partial charge is 0.480 e. The summed E-state index contributed by atoms with van der Waals surface area (Å²) >= 11 is 0. The molecule has 0 radical (unpaired) electrons. The number of alkyl halides is 17. The van der Waals surface area contributed by atoms with E-state index in [9.17, 15) is 79.4 Å². The van der Waals surface area contributed by atoms with E-state index in [-0.39, 0.29) is 6.42 Å². The molecule has 0 aliphatic carbocycles. The van der Waals surface area contributed by atoms with E-state index in [1.54, 1.807) is 0 Å². The zero-order valence-corrected chi connectivity index (χ0v) is 17.0. The van der Waals surface area contributed by atoms with E-state index in [1.165, 1.54) is 12.2 Å². The summed E-state index contributed by atoms with van der Waals surface area (Å²) in [4.78, 5) is 10.8. The molecule has 0 aromatic rings. The fourth-order valence-electron chi connectivity index (χ4n) is 2.37. The lowest BCUT2D eigenvalue weighted by Crippen LogP contribution is -2.75. The Morgan fingerprint density at radius 2 is 1.00 bits per heavy atom. The summed E-state index contributed by atoms with van der Waals surface area (Å²) in [5.41, 5.74) is 0. The number of carboxylic acid groups (broad SMARTS) is 1. The molecule has 0 bridgehead atoms. The highest BCUT2D eigenvalue weighted by atomic mass is 19.4. The van der Waals surface area contributed by atoms with Gasteiger partial charge >= 0.3 is 53.6 Å². The fourth-order valence-corrected chi connectivity index (χ4v) is 2.37. The molecule has 0 fully saturated rings. The van der Waals surface area contributed by atoms with Crippen LogP contribution in [0.1, 0.15) is 19.8 Å². The second-order valence-corrected chi connectivity index (χ2v) is 7.17. The minimum Gasteiger partial charge on any atom is -0.480 e. The standard InChI is InChI=1S/C15H14F17NO3/c1-2-3-5(7(35)36)33-4-6(34)8(16,17)9(18,19)10(20,21)11(22,23)12(24,25)13(26,27)14(28,29)15(30,31)32/h5-6,33-34H,2-4H2,1H3,(H,35,36)/t5-,6+/m0/s1. The van der Waals surface area contributed by atoms with E-state index >= 15 is 0 Å². The van der Waals surface area contributed by atoms with Gasteiger partial charge in [-0.3, -0.25) is 4.79 Å². The predicted molar refractivity (Wildman–Crippen MR) is 81.0 cm³/mol. The Balaban J connectivity index is 6.47. The quantitative estimate of drug-likeness (QED) is 0.263. The van der Waals surface area contributed by atoms with Crippen LogP contribution in [0.3, 0.4) is 0 Å². The first-order valence-corrected chi connectivity index (χ1v) is 8.89. The van der Waals surface area contributed by atoms with Gasteiger partial charge < -0.3 is 15.5 Å². The van der Waals surface area contributed by atoms with Gasteiger partial charge in [0, 0.05) is 6.54 Å². The van der Waals surface area contributed by atoms with E-state index in [4.69, 9.17) is 10.2 Å². The third-order valence-corrected chi connectivity index (χ3v) is 4.60. The van der Waals surface area contributed by atoms with Crippen molar-refractivity contribution >= 4 is 5.97 Å². The predicted octanol–water partition coefficient (Wildman–Crippen LogP) is 5.20. The lowest BCUT2D eigenvalue weighted by molar-refractivity contribution is -0.464. The monoisotopic (exact) mass is 579 g/mol. The molecule has 0 saturated heterocycles. The maximum Gasteiger partial charge on any atom is 0.460 e. The molecule has 216 valence electrons. The Morgan fingerprint density at radius 1 is 0.667 bits per heavy atom. The molecule has 0 aliphatic heterocycles. The molecule has 36 heavy (non-hydrogen) atoms. The maximum atomic E-state index is 13.8. The van der Waals surface area contributed by atoms with E-state index in [1.807, 2.05) is 0 Å². The van der Waals surface area contributed by atoms with Gasteiger partial charge in [-0.25, -0.2) is 0 Å². The summed E-state index contributed by atoms with van der Waals surface area (Å²) in [5.74, 6) is -59.9. The molecule has 21 heteroatoms. The van der Waals surface area contributed by atoms with Crippen LogP contribution in [0.4, 0.5) is 74.6 Å². The molecule has 0 spiro atoms. The van der Waals surface area contributed by atoms with Crippen LogP contribution in [0, 0.1) is 0 Å². The summed E-state index contributed by atoms with van der Waals surface area (Å²) in [7, 11) is 0. The number of carboxylic acids is 1. The fraction of sp³-hybridized carbons (Fsp3) is 0.933. The van der Waals surface area contributed by atoms with Gasteiger partial charge in [0.05, 0.1) is 0 Å². The number of halogens is 17. The van der Waals surface area contributed by atoms with Gasteiger partial charge in [0.2, 0.25) is 0 Å². The van der Waals surface area contributed by atoms with Crippen LogP contribution in [-0.2, 0) is 4.79 Å². The zero-order valence-electron chi connectivity index (χ0n) is 17.0. The van der Waals surface area contributed by atoms with Gasteiger partial charge in [-0.2, -0.15) is 74.6 Å². The highest BCUT2D eigenvalue weighted by molar-refractivity contribution is 5.73. The Labute approximate surface area is 188 Å². The van der Waals surface area contributed by atoms with E-state index < -0.39 is 78.7 Å². The molecule has 0 rings (SSSR count). The lowest BCUT2D eigenvalue weighted by atomic mass is 9.87. The Kier molecular flexibility index (Phi) is 9.33. The summed E-state index contributed by atoms with van der Waals surface area (Å²) in [5, 5.41) is 19.2. The molecule has 0 saturated carbocycles. The molecule has 0 aromatic heterocycles. The van der Waals surface area contributed by atoms with E-state index in [0.29, 0.717) is 0 Å². The molecular formula is C15H14F17NO3. The van der Waals surface area contributed by atoms with Crippen molar-refractivity contribution in [2.24, 2.45) is 0 Å². The molecule has 3 N–H and O–H groups in total. The third kappa shape index (κ3) is 5.00. The Morgan fingerprint density at radius 3 is 1.31 bits per heavy atom. The average molecular weight is 579 g/mol. The molecule has 0 amide bonds. The summed E-state index contributed by atoms with van der Waals surface area (Å²) in [6, 6.07) is -1.95. The van der Waals surface area contributed by atoms with Gasteiger partial charge in [-0.15, -0.1) is 0 Å². The van der Waals surface area contributed by atoms with Crippen molar-refractivity contribution < 1.29 is 89.6 Å². The van der Waals surface area contributed by atoms with Crippen LogP contribution in [0.2, 0.25) is 0 Å². The minimum absolute atomic E-state index is 0.0667. The maximum absolute atomic E-state index is 13.8. The highest BCUT2D eigenvalue weighted by Gasteiger charge is 2.95. The van der Waals surface area contributed by atoms with Crippen molar-refractivity contribution in [1.29, 1.82) is 0 Å². The van der Waals surface area contributed by atoms with Crippen molar-refractivity contribution in [3.05, 3.63) is 0 Å². The average Bonchev–Trinajstić information content (AvgIpc) is 2.68. The van der Waals surface area contributed by atoms with Crippen molar-refractivity contribution in [3.63, 3.8) is 0 Å². The van der Waals surface area contributed by atoms with Crippen LogP contribution < -0.4 is 5.32 Å². The SMILES string of the molecule is CCC[C@H](NC[C@@H](O)C(F)(F)C(F)(F)C(F)(F)C(F)(F)C(F)(F)C(F)(F)C(F)(F)C(F)(F)F)C(=O)O.